The Morgan fingerprint density at radius 1 is 1.09 bits per heavy atom. The molecule has 0 bridgehead atoms. The van der Waals surface area contributed by atoms with Crippen LogP contribution in [0.5, 0.6) is 0 Å². The van der Waals surface area contributed by atoms with Crippen LogP contribution in [0.4, 0.5) is 21.0 Å². The molecule has 2 aromatic carbocycles. The Labute approximate surface area is 199 Å². The van der Waals surface area contributed by atoms with E-state index in [1.165, 1.54) is 53.4 Å². The second-order valence-electron chi connectivity index (χ2n) is 7.60. The maximum atomic E-state index is 13.4. The Morgan fingerprint density at radius 3 is 2.24 bits per heavy atom. The molecular weight excluding hydrogens is 461 g/mol. The van der Waals surface area contributed by atoms with E-state index in [-0.39, 0.29) is 33.8 Å². The van der Waals surface area contributed by atoms with Crippen molar-refractivity contribution >= 4 is 45.6 Å². The molecular formula is C23H24FN5O4S. The monoisotopic (exact) mass is 485 g/mol. The number of hydrogen-bond acceptors (Lipinski definition) is 8. The minimum absolute atomic E-state index is 0.0347. The number of rotatable bonds is 9. The van der Waals surface area contributed by atoms with Crippen molar-refractivity contribution in [3.05, 3.63) is 70.4 Å². The molecule has 2 atom stereocenters. The van der Waals surface area contributed by atoms with Crippen LogP contribution < -0.4 is 21.7 Å². The third-order valence-electron chi connectivity index (χ3n) is 4.93. The molecule has 3 aromatic rings. The van der Waals surface area contributed by atoms with Crippen molar-refractivity contribution < 1.29 is 23.9 Å². The zero-order valence-electron chi connectivity index (χ0n) is 18.5. The number of ketones is 1. The Kier molecular flexibility index (Phi) is 7.59. The van der Waals surface area contributed by atoms with Crippen molar-refractivity contribution in [2.75, 3.05) is 17.2 Å². The van der Waals surface area contributed by atoms with E-state index in [1.807, 2.05) is 0 Å². The zero-order valence-corrected chi connectivity index (χ0v) is 19.3. The number of nitrogens with zero attached hydrogens (tertiary/aromatic N) is 2. The Balaban J connectivity index is 1.89. The van der Waals surface area contributed by atoms with Gasteiger partial charge in [-0.1, -0.05) is 23.5 Å². The largest absolute Gasteiger partial charge is 0.392 e. The number of aliphatic hydroxyl groups is 1. The fourth-order valence-corrected chi connectivity index (χ4v) is 4.11. The van der Waals surface area contributed by atoms with Gasteiger partial charge in [0, 0.05) is 23.4 Å². The summed E-state index contributed by atoms with van der Waals surface area (Å²) in [6, 6.07) is 10.5. The summed E-state index contributed by atoms with van der Waals surface area (Å²) in [6.45, 7) is 3.22. The van der Waals surface area contributed by atoms with Gasteiger partial charge in [-0.25, -0.2) is 9.37 Å². The quantitative estimate of drug-likeness (QED) is 0.339. The normalized spacial score (nSPS) is 12.6. The van der Waals surface area contributed by atoms with Gasteiger partial charge in [0.1, 0.15) is 22.6 Å². The van der Waals surface area contributed by atoms with Gasteiger partial charge in [-0.2, -0.15) is 0 Å². The second kappa shape index (κ2) is 10.4. The molecule has 11 heteroatoms. The minimum Gasteiger partial charge on any atom is -0.392 e. The van der Waals surface area contributed by atoms with Gasteiger partial charge >= 0.3 is 0 Å². The highest BCUT2D eigenvalue weighted by atomic mass is 32.1. The number of carbonyl (C=O) groups excluding carboxylic acids is 3. The van der Waals surface area contributed by atoms with E-state index in [9.17, 15) is 23.9 Å². The Bertz CT molecular complexity index is 1200. The maximum absolute atomic E-state index is 13.4. The fraction of sp³-hybridized carbons (Fsp3) is 0.217. The highest BCUT2D eigenvalue weighted by Gasteiger charge is 2.27. The molecule has 0 aliphatic rings. The molecule has 1 heterocycles. The molecule has 0 spiro atoms. The van der Waals surface area contributed by atoms with Crippen molar-refractivity contribution in [2.45, 2.75) is 26.0 Å². The summed E-state index contributed by atoms with van der Waals surface area (Å²) in [5.74, 6) is -1.92. The van der Waals surface area contributed by atoms with Gasteiger partial charge in [0.2, 0.25) is 11.7 Å². The molecule has 9 nitrogen and oxygen atoms in total. The number of thiazole rings is 1. The molecule has 1 aromatic heterocycles. The van der Waals surface area contributed by atoms with Gasteiger partial charge in [-0.3, -0.25) is 14.4 Å². The number of halogens is 1. The van der Waals surface area contributed by atoms with Crippen molar-refractivity contribution in [1.29, 1.82) is 0 Å². The molecule has 3 rings (SSSR count). The lowest BCUT2D eigenvalue weighted by molar-refractivity contribution is -0.118. The predicted octanol–water partition coefficient (Wildman–Crippen LogP) is 2.22. The summed E-state index contributed by atoms with van der Waals surface area (Å²) in [4.78, 5) is 43.0. The molecule has 0 fully saturated rings. The maximum Gasteiger partial charge on any atom is 0.251 e. The highest BCUT2D eigenvalue weighted by molar-refractivity contribution is 7.18. The second-order valence-corrected chi connectivity index (χ2v) is 8.58. The van der Waals surface area contributed by atoms with E-state index < -0.39 is 29.7 Å². The molecule has 6 N–H and O–H groups in total. The van der Waals surface area contributed by atoms with E-state index in [2.05, 4.69) is 10.3 Å². The topological polar surface area (TPSA) is 152 Å². The predicted molar refractivity (Wildman–Crippen MR) is 128 cm³/mol. The van der Waals surface area contributed by atoms with E-state index >= 15 is 0 Å². The lowest BCUT2D eigenvalue weighted by Crippen LogP contribution is -2.39. The average molecular weight is 486 g/mol. The van der Waals surface area contributed by atoms with Crippen LogP contribution in [0.25, 0.3) is 0 Å². The first-order valence-corrected chi connectivity index (χ1v) is 11.1. The first-order chi connectivity index (χ1) is 16.1. The smallest absolute Gasteiger partial charge is 0.251 e. The SMILES string of the molecule is CC(O)CNC(=O)c1ccc(C(=O)c2sc(N(c3ccc(F)cc3)C(C)C(N)=O)nc2N)cc1. The Hall–Kier alpha value is -3.83. The fourth-order valence-electron chi connectivity index (χ4n) is 3.06. The molecule has 2 amide bonds. The summed E-state index contributed by atoms with van der Waals surface area (Å²) < 4.78 is 13.4. The van der Waals surface area contributed by atoms with Crippen LogP contribution in [0.2, 0.25) is 0 Å². The number of nitrogens with one attached hydrogen (secondary N) is 1. The van der Waals surface area contributed by atoms with Gasteiger partial charge < -0.3 is 26.8 Å². The number of anilines is 3. The molecule has 178 valence electrons. The van der Waals surface area contributed by atoms with Crippen LogP contribution in [0, 0.1) is 5.82 Å². The van der Waals surface area contributed by atoms with E-state index in [1.54, 1.807) is 13.8 Å². The van der Waals surface area contributed by atoms with Crippen LogP contribution in [0.15, 0.2) is 48.5 Å². The van der Waals surface area contributed by atoms with Crippen LogP contribution in [-0.4, -0.2) is 46.4 Å². The van der Waals surface area contributed by atoms with Gasteiger partial charge in [-0.05, 0) is 50.2 Å². The van der Waals surface area contributed by atoms with Crippen molar-refractivity contribution in [3.8, 4) is 0 Å². The molecule has 34 heavy (non-hydrogen) atoms. The highest BCUT2D eigenvalue weighted by Crippen LogP contribution is 2.36. The number of aromatic nitrogens is 1. The summed E-state index contributed by atoms with van der Waals surface area (Å²) in [5.41, 5.74) is 12.6. The molecule has 0 aliphatic carbocycles. The molecule has 0 saturated heterocycles. The molecule has 0 radical (unpaired) electrons. The number of nitrogen functional groups attached to an aromatic ring is 1. The lowest BCUT2D eigenvalue weighted by Gasteiger charge is -2.26. The summed E-state index contributed by atoms with van der Waals surface area (Å²) in [6.07, 6.45) is -0.681. The number of hydrogen-bond donors (Lipinski definition) is 4. The minimum atomic E-state index is -0.849. The van der Waals surface area contributed by atoms with Gasteiger partial charge in [0.15, 0.2) is 5.13 Å². The van der Waals surface area contributed by atoms with E-state index in [0.717, 1.165) is 11.3 Å². The molecule has 2 unspecified atom stereocenters. The third kappa shape index (κ3) is 5.56. The summed E-state index contributed by atoms with van der Waals surface area (Å²) in [7, 11) is 0. The van der Waals surface area contributed by atoms with Crippen molar-refractivity contribution in [1.82, 2.24) is 10.3 Å². The zero-order chi connectivity index (χ0) is 25.0. The molecule has 0 saturated carbocycles. The van der Waals surface area contributed by atoms with Gasteiger partial charge in [-0.15, -0.1) is 0 Å². The number of carbonyl (C=O) groups is 3. The van der Waals surface area contributed by atoms with E-state index in [0.29, 0.717) is 11.3 Å². The number of benzene rings is 2. The summed E-state index contributed by atoms with van der Waals surface area (Å²) >= 11 is 0.969. The van der Waals surface area contributed by atoms with Gasteiger partial charge in [0.05, 0.1) is 6.10 Å². The van der Waals surface area contributed by atoms with Crippen LogP contribution in [0.3, 0.4) is 0 Å². The van der Waals surface area contributed by atoms with Crippen molar-refractivity contribution in [3.63, 3.8) is 0 Å². The molecule has 0 aliphatic heterocycles. The Morgan fingerprint density at radius 2 is 1.68 bits per heavy atom. The van der Waals surface area contributed by atoms with Crippen LogP contribution >= 0.6 is 11.3 Å². The first kappa shape index (κ1) is 24.8. The number of primary amides is 1. The van der Waals surface area contributed by atoms with E-state index in [4.69, 9.17) is 11.5 Å². The first-order valence-electron chi connectivity index (χ1n) is 10.3. The average Bonchev–Trinajstić information content (AvgIpc) is 3.19. The van der Waals surface area contributed by atoms with Crippen molar-refractivity contribution in [2.24, 2.45) is 5.73 Å². The van der Waals surface area contributed by atoms with Gasteiger partial charge in [0.25, 0.3) is 5.91 Å². The summed E-state index contributed by atoms with van der Waals surface area (Å²) in [5, 5.41) is 12.1. The number of nitrogens with two attached hydrogens (primary N) is 2. The number of amides is 2. The van der Waals surface area contributed by atoms with Crippen LogP contribution in [-0.2, 0) is 4.79 Å². The third-order valence-corrected chi connectivity index (χ3v) is 5.99. The standard InChI is InChI=1S/C23H24FN5O4S/c1-12(30)11-27-22(33)15-5-3-14(4-6-15)18(31)19-20(25)28-23(34-19)29(13(2)21(26)32)17-9-7-16(24)8-10-17/h3-10,12-13,30H,11,25H2,1-2H3,(H2,26,32)(H,27,33). The number of aliphatic hydroxyl groups excluding tert-OH is 1. The van der Waals surface area contributed by atoms with Crippen LogP contribution in [0.1, 0.15) is 39.4 Å². The lowest BCUT2D eigenvalue weighted by atomic mass is 10.1.